The Kier molecular flexibility index (Phi) is 4.70. The summed E-state index contributed by atoms with van der Waals surface area (Å²) in [7, 11) is 1.61. The van der Waals surface area contributed by atoms with E-state index in [9.17, 15) is 4.79 Å². The standard InChI is InChI=1S/C14H17N3O2S.ClH/c1-19-9-5-4-6-10-11(9)16-13(20-10)17-12(18)14(15)7-2-3-8-14;/h4-6H,2-3,7-8,15H2,1H3,(H,16,17,18);1H. The zero-order valence-electron chi connectivity index (χ0n) is 11.7. The number of ether oxygens (including phenoxy) is 1. The maximum Gasteiger partial charge on any atom is 0.246 e. The van der Waals surface area contributed by atoms with Gasteiger partial charge in [0.2, 0.25) is 5.91 Å². The number of hydrogen-bond donors (Lipinski definition) is 2. The Morgan fingerprint density at radius 2 is 2.14 bits per heavy atom. The third-order valence-electron chi connectivity index (χ3n) is 3.77. The second-order valence-corrected chi connectivity index (χ2v) is 6.17. The lowest BCUT2D eigenvalue weighted by molar-refractivity contribution is -0.121. The van der Waals surface area contributed by atoms with Crippen molar-refractivity contribution in [2.45, 2.75) is 31.2 Å². The van der Waals surface area contributed by atoms with Crippen LogP contribution in [0.3, 0.4) is 0 Å². The first-order valence-electron chi connectivity index (χ1n) is 6.66. The molecule has 0 aliphatic heterocycles. The second kappa shape index (κ2) is 6.17. The van der Waals surface area contributed by atoms with Crippen LogP contribution in [0.1, 0.15) is 25.7 Å². The van der Waals surface area contributed by atoms with Gasteiger partial charge in [0.15, 0.2) is 5.13 Å². The van der Waals surface area contributed by atoms with Crippen LogP contribution in [0, 0.1) is 0 Å². The van der Waals surface area contributed by atoms with Gasteiger partial charge in [-0.25, -0.2) is 4.98 Å². The van der Waals surface area contributed by atoms with E-state index in [1.807, 2.05) is 18.2 Å². The molecule has 5 nitrogen and oxygen atoms in total. The SMILES string of the molecule is COc1cccc2sc(NC(=O)C3(N)CCCC3)nc12.Cl. The number of nitrogens with one attached hydrogen (secondary N) is 1. The van der Waals surface area contributed by atoms with E-state index < -0.39 is 5.54 Å². The van der Waals surface area contributed by atoms with E-state index in [4.69, 9.17) is 10.5 Å². The Morgan fingerprint density at radius 1 is 1.43 bits per heavy atom. The number of aromatic nitrogens is 1. The van der Waals surface area contributed by atoms with Gasteiger partial charge in [-0.05, 0) is 25.0 Å². The molecule has 2 aromatic rings. The summed E-state index contributed by atoms with van der Waals surface area (Å²) in [6.45, 7) is 0. The van der Waals surface area contributed by atoms with Crippen LogP contribution >= 0.6 is 23.7 Å². The van der Waals surface area contributed by atoms with Crippen molar-refractivity contribution in [3.05, 3.63) is 18.2 Å². The molecular formula is C14H18ClN3O2S. The number of nitrogens with two attached hydrogens (primary N) is 1. The van der Waals surface area contributed by atoms with Gasteiger partial charge in [0.25, 0.3) is 0 Å². The molecule has 21 heavy (non-hydrogen) atoms. The van der Waals surface area contributed by atoms with Crippen LogP contribution in [0.4, 0.5) is 5.13 Å². The molecule has 0 radical (unpaired) electrons. The van der Waals surface area contributed by atoms with Crippen molar-refractivity contribution >= 4 is 45.0 Å². The summed E-state index contributed by atoms with van der Waals surface area (Å²) in [5.41, 5.74) is 6.18. The van der Waals surface area contributed by atoms with Crippen molar-refractivity contribution in [1.29, 1.82) is 0 Å². The number of rotatable bonds is 3. The summed E-state index contributed by atoms with van der Waals surface area (Å²) < 4.78 is 6.26. The molecule has 0 saturated heterocycles. The number of carbonyl (C=O) groups is 1. The summed E-state index contributed by atoms with van der Waals surface area (Å²) in [6.07, 6.45) is 3.51. The normalized spacial score (nSPS) is 16.5. The number of methoxy groups -OCH3 is 1. The lowest BCUT2D eigenvalue weighted by Crippen LogP contribution is -2.48. The van der Waals surface area contributed by atoms with E-state index in [1.165, 1.54) is 11.3 Å². The highest BCUT2D eigenvalue weighted by Gasteiger charge is 2.37. The minimum absolute atomic E-state index is 0. The van der Waals surface area contributed by atoms with Crippen molar-refractivity contribution in [1.82, 2.24) is 4.98 Å². The molecule has 1 aliphatic rings. The van der Waals surface area contributed by atoms with Gasteiger partial charge in [0, 0.05) is 0 Å². The van der Waals surface area contributed by atoms with Crippen molar-refractivity contribution in [3.8, 4) is 5.75 Å². The Labute approximate surface area is 133 Å². The summed E-state index contributed by atoms with van der Waals surface area (Å²) >= 11 is 1.43. The Morgan fingerprint density at radius 3 is 2.81 bits per heavy atom. The topological polar surface area (TPSA) is 77.2 Å². The smallest absolute Gasteiger partial charge is 0.246 e. The van der Waals surface area contributed by atoms with Gasteiger partial charge in [-0.2, -0.15) is 0 Å². The highest BCUT2D eigenvalue weighted by atomic mass is 35.5. The van der Waals surface area contributed by atoms with Crippen LogP contribution in [0.25, 0.3) is 10.2 Å². The van der Waals surface area contributed by atoms with Gasteiger partial charge in [-0.3, -0.25) is 4.79 Å². The second-order valence-electron chi connectivity index (χ2n) is 5.14. The summed E-state index contributed by atoms with van der Waals surface area (Å²) in [6, 6.07) is 5.72. The molecule has 3 N–H and O–H groups in total. The van der Waals surface area contributed by atoms with Crippen molar-refractivity contribution < 1.29 is 9.53 Å². The molecule has 0 bridgehead atoms. The van der Waals surface area contributed by atoms with Crippen LogP contribution in [-0.4, -0.2) is 23.5 Å². The molecule has 1 fully saturated rings. The van der Waals surface area contributed by atoms with E-state index in [1.54, 1.807) is 7.11 Å². The largest absolute Gasteiger partial charge is 0.494 e. The number of fused-ring (bicyclic) bond motifs is 1. The maximum atomic E-state index is 12.3. The molecule has 1 saturated carbocycles. The van der Waals surface area contributed by atoms with E-state index in [0.717, 1.165) is 35.9 Å². The van der Waals surface area contributed by atoms with Gasteiger partial charge >= 0.3 is 0 Å². The van der Waals surface area contributed by atoms with Crippen LogP contribution in [0.15, 0.2) is 18.2 Å². The van der Waals surface area contributed by atoms with Crippen LogP contribution in [0.5, 0.6) is 5.75 Å². The molecule has 1 aromatic heterocycles. The predicted octanol–water partition coefficient (Wildman–Crippen LogP) is 2.94. The quantitative estimate of drug-likeness (QED) is 0.908. The number of amides is 1. The van der Waals surface area contributed by atoms with Gasteiger partial charge < -0.3 is 15.8 Å². The molecule has 3 rings (SSSR count). The number of hydrogen-bond acceptors (Lipinski definition) is 5. The molecule has 0 atom stereocenters. The molecule has 0 spiro atoms. The Balaban J connectivity index is 0.00000161. The fourth-order valence-electron chi connectivity index (χ4n) is 2.60. The summed E-state index contributed by atoms with van der Waals surface area (Å²) in [4.78, 5) is 16.7. The molecule has 114 valence electrons. The zero-order valence-corrected chi connectivity index (χ0v) is 13.4. The van der Waals surface area contributed by atoms with Gasteiger partial charge in [-0.1, -0.05) is 30.2 Å². The predicted molar refractivity (Wildman–Crippen MR) is 87.4 cm³/mol. The Bertz CT molecular complexity index is 653. The molecular weight excluding hydrogens is 310 g/mol. The molecule has 1 heterocycles. The van der Waals surface area contributed by atoms with Gasteiger partial charge in [0.1, 0.15) is 11.3 Å². The highest BCUT2D eigenvalue weighted by molar-refractivity contribution is 7.22. The highest BCUT2D eigenvalue weighted by Crippen LogP contribution is 2.33. The van der Waals surface area contributed by atoms with E-state index in [2.05, 4.69) is 10.3 Å². The molecule has 1 aliphatic carbocycles. The molecule has 1 aromatic carbocycles. The fraction of sp³-hybridized carbons (Fsp3) is 0.429. The first kappa shape index (κ1) is 16.0. The summed E-state index contributed by atoms with van der Waals surface area (Å²) in [5, 5.41) is 3.43. The van der Waals surface area contributed by atoms with Crippen LogP contribution in [-0.2, 0) is 4.79 Å². The maximum absolute atomic E-state index is 12.3. The van der Waals surface area contributed by atoms with Crippen molar-refractivity contribution in [2.24, 2.45) is 5.73 Å². The van der Waals surface area contributed by atoms with E-state index in [-0.39, 0.29) is 18.3 Å². The summed E-state index contributed by atoms with van der Waals surface area (Å²) in [5.74, 6) is 0.579. The zero-order chi connectivity index (χ0) is 14.2. The van der Waals surface area contributed by atoms with Crippen molar-refractivity contribution in [2.75, 3.05) is 12.4 Å². The number of halogens is 1. The number of anilines is 1. The number of para-hydroxylation sites is 1. The molecule has 7 heteroatoms. The minimum Gasteiger partial charge on any atom is -0.494 e. The lowest BCUT2D eigenvalue weighted by Gasteiger charge is -2.21. The number of nitrogens with zero attached hydrogens (tertiary/aromatic N) is 1. The average molecular weight is 328 g/mol. The number of thiazole rings is 1. The number of carbonyl (C=O) groups excluding carboxylic acids is 1. The van der Waals surface area contributed by atoms with Crippen LogP contribution < -0.4 is 15.8 Å². The fourth-order valence-corrected chi connectivity index (χ4v) is 3.47. The molecule has 1 amide bonds. The minimum atomic E-state index is -0.734. The third-order valence-corrected chi connectivity index (χ3v) is 4.71. The van der Waals surface area contributed by atoms with Crippen LogP contribution in [0.2, 0.25) is 0 Å². The monoisotopic (exact) mass is 327 g/mol. The van der Waals surface area contributed by atoms with E-state index in [0.29, 0.717) is 10.9 Å². The third kappa shape index (κ3) is 2.97. The lowest BCUT2D eigenvalue weighted by atomic mass is 9.98. The van der Waals surface area contributed by atoms with Gasteiger partial charge in [-0.15, -0.1) is 12.4 Å². The first-order chi connectivity index (χ1) is 9.62. The number of benzene rings is 1. The van der Waals surface area contributed by atoms with Crippen molar-refractivity contribution in [3.63, 3.8) is 0 Å². The van der Waals surface area contributed by atoms with Gasteiger partial charge in [0.05, 0.1) is 17.3 Å². The Hall–Kier alpha value is -1.37. The first-order valence-corrected chi connectivity index (χ1v) is 7.48. The molecule has 0 unspecified atom stereocenters. The average Bonchev–Trinajstić information content (AvgIpc) is 3.04. The van der Waals surface area contributed by atoms with E-state index >= 15 is 0 Å².